The van der Waals surface area contributed by atoms with Crippen LogP contribution in [0.2, 0.25) is 5.02 Å². The number of hydrogen-bond donors (Lipinski definition) is 3. The summed E-state index contributed by atoms with van der Waals surface area (Å²) in [5.41, 5.74) is 0.476. The molecule has 1 atom stereocenters. The summed E-state index contributed by atoms with van der Waals surface area (Å²) in [4.78, 5) is 22.9. The van der Waals surface area contributed by atoms with Crippen molar-refractivity contribution in [1.82, 2.24) is 5.32 Å². The van der Waals surface area contributed by atoms with Gasteiger partial charge in [0.05, 0.1) is 5.69 Å². The lowest BCUT2D eigenvalue weighted by molar-refractivity contribution is -0.139. The maximum absolute atomic E-state index is 11.8. The van der Waals surface area contributed by atoms with Crippen LogP contribution in [0.25, 0.3) is 0 Å². The summed E-state index contributed by atoms with van der Waals surface area (Å²) < 4.78 is 0.660. The van der Waals surface area contributed by atoms with E-state index in [0.717, 1.165) is 0 Å². The lowest BCUT2D eigenvalue weighted by Crippen LogP contribution is -2.43. The van der Waals surface area contributed by atoms with Crippen LogP contribution in [0.3, 0.4) is 0 Å². The summed E-state index contributed by atoms with van der Waals surface area (Å²) in [6, 6.07) is 3.44. The summed E-state index contributed by atoms with van der Waals surface area (Å²) in [6.07, 6.45) is 0.361. The third-order valence-electron chi connectivity index (χ3n) is 2.49. The predicted octanol–water partition coefficient (Wildman–Crippen LogP) is 3.72. The number of carboxylic acid groups (broad SMARTS) is 1. The molecule has 3 N–H and O–H groups in total. The number of benzene rings is 1. The van der Waals surface area contributed by atoms with Gasteiger partial charge in [0.25, 0.3) is 0 Å². The number of carbonyl (C=O) groups is 2. The molecule has 0 spiro atoms. The van der Waals surface area contributed by atoms with Gasteiger partial charge < -0.3 is 15.7 Å². The van der Waals surface area contributed by atoms with E-state index in [-0.39, 0.29) is 5.92 Å². The van der Waals surface area contributed by atoms with Gasteiger partial charge in [-0.1, -0.05) is 25.4 Å². The molecule has 0 aliphatic rings. The van der Waals surface area contributed by atoms with Crippen LogP contribution in [0, 0.1) is 5.92 Å². The van der Waals surface area contributed by atoms with Gasteiger partial charge >= 0.3 is 12.0 Å². The van der Waals surface area contributed by atoms with Crippen LogP contribution in [0.1, 0.15) is 20.3 Å². The van der Waals surface area contributed by atoms with E-state index >= 15 is 0 Å². The molecule has 0 aliphatic carbocycles. The molecule has 20 heavy (non-hydrogen) atoms. The molecule has 7 heteroatoms. The molecule has 5 nitrogen and oxygen atoms in total. The summed E-state index contributed by atoms with van der Waals surface area (Å²) in [6.45, 7) is 3.78. The molecule has 1 unspecified atom stereocenters. The highest BCUT2D eigenvalue weighted by atomic mass is 79.9. The van der Waals surface area contributed by atoms with E-state index in [4.69, 9.17) is 16.7 Å². The lowest BCUT2D eigenvalue weighted by atomic mass is 10.0. The second-order valence-electron chi connectivity index (χ2n) is 4.74. The molecule has 0 saturated carbocycles. The molecule has 1 aromatic carbocycles. The van der Waals surface area contributed by atoms with E-state index in [1.807, 2.05) is 13.8 Å². The van der Waals surface area contributed by atoms with Gasteiger partial charge in [0, 0.05) is 9.50 Å². The van der Waals surface area contributed by atoms with Gasteiger partial charge in [0.2, 0.25) is 0 Å². The number of carboxylic acids is 1. The maximum Gasteiger partial charge on any atom is 0.326 e. The number of carbonyl (C=O) groups excluding carboxylic acids is 1. The molecule has 2 amide bonds. The van der Waals surface area contributed by atoms with E-state index in [0.29, 0.717) is 21.6 Å². The van der Waals surface area contributed by atoms with Crippen molar-refractivity contribution in [2.45, 2.75) is 26.3 Å². The number of halogens is 2. The van der Waals surface area contributed by atoms with Crippen molar-refractivity contribution in [1.29, 1.82) is 0 Å². The number of urea groups is 1. The van der Waals surface area contributed by atoms with Gasteiger partial charge in [-0.05, 0) is 46.5 Å². The minimum absolute atomic E-state index is 0.161. The van der Waals surface area contributed by atoms with E-state index in [1.54, 1.807) is 18.2 Å². The highest BCUT2D eigenvalue weighted by Gasteiger charge is 2.21. The monoisotopic (exact) mass is 362 g/mol. The average molecular weight is 364 g/mol. The third kappa shape index (κ3) is 5.38. The van der Waals surface area contributed by atoms with Crippen LogP contribution in [0.5, 0.6) is 0 Å². The zero-order chi connectivity index (χ0) is 15.3. The Morgan fingerprint density at radius 3 is 2.60 bits per heavy atom. The minimum atomic E-state index is -1.06. The first kappa shape index (κ1) is 16.8. The zero-order valence-electron chi connectivity index (χ0n) is 11.1. The molecule has 110 valence electrons. The Kier molecular flexibility index (Phi) is 6.29. The fourth-order valence-electron chi connectivity index (χ4n) is 1.60. The Balaban J connectivity index is 2.70. The first-order chi connectivity index (χ1) is 9.29. The van der Waals surface area contributed by atoms with Crippen molar-refractivity contribution in [3.8, 4) is 0 Å². The number of aliphatic carboxylic acids is 1. The molecule has 0 aliphatic heterocycles. The number of anilines is 1. The Morgan fingerprint density at radius 1 is 1.40 bits per heavy atom. The molecular weight excluding hydrogens is 348 g/mol. The Morgan fingerprint density at radius 2 is 2.05 bits per heavy atom. The quantitative estimate of drug-likeness (QED) is 0.746. The highest BCUT2D eigenvalue weighted by Crippen LogP contribution is 2.25. The van der Waals surface area contributed by atoms with Crippen molar-refractivity contribution < 1.29 is 14.7 Å². The van der Waals surface area contributed by atoms with Gasteiger partial charge in [0.15, 0.2) is 0 Å². The lowest BCUT2D eigenvalue weighted by Gasteiger charge is -2.17. The van der Waals surface area contributed by atoms with E-state index in [9.17, 15) is 9.59 Å². The standard InChI is InChI=1S/C13H16BrClN2O3/c1-7(2)5-11(12(18)19)17-13(20)16-10-6-8(15)3-4-9(10)14/h3-4,6-7,11H,5H2,1-2H3,(H,18,19)(H2,16,17,20). The van der Waals surface area contributed by atoms with Gasteiger partial charge in [-0.25, -0.2) is 9.59 Å². The molecule has 0 heterocycles. The van der Waals surface area contributed by atoms with Crippen LogP contribution >= 0.6 is 27.5 Å². The molecule has 0 fully saturated rings. The summed E-state index contributed by atoms with van der Waals surface area (Å²) >= 11 is 9.12. The molecule has 0 radical (unpaired) electrons. The first-order valence-electron chi connectivity index (χ1n) is 6.05. The smallest absolute Gasteiger partial charge is 0.326 e. The van der Waals surface area contributed by atoms with Crippen LogP contribution in [-0.2, 0) is 4.79 Å². The molecule has 1 rings (SSSR count). The number of rotatable bonds is 5. The highest BCUT2D eigenvalue weighted by molar-refractivity contribution is 9.10. The van der Waals surface area contributed by atoms with Crippen molar-refractivity contribution in [2.24, 2.45) is 5.92 Å². The van der Waals surface area contributed by atoms with Crippen molar-refractivity contribution in [3.05, 3.63) is 27.7 Å². The number of hydrogen-bond acceptors (Lipinski definition) is 2. The van der Waals surface area contributed by atoms with E-state index in [1.165, 1.54) is 0 Å². The van der Waals surface area contributed by atoms with Crippen molar-refractivity contribution in [3.63, 3.8) is 0 Å². The molecular formula is C13H16BrClN2O3. The first-order valence-corrected chi connectivity index (χ1v) is 7.22. The normalized spacial score (nSPS) is 12.1. The second-order valence-corrected chi connectivity index (χ2v) is 6.03. The SMILES string of the molecule is CC(C)CC(NC(=O)Nc1cc(Cl)ccc1Br)C(=O)O. The largest absolute Gasteiger partial charge is 0.480 e. The molecule has 0 bridgehead atoms. The maximum atomic E-state index is 11.8. The van der Waals surface area contributed by atoms with Crippen LogP contribution in [0.4, 0.5) is 10.5 Å². The fraction of sp³-hybridized carbons (Fsp3) is 0.385. The van der Waals surface area contributed by atoms with Gasteiger partial charge in [-0.3, -0.25) is 0 Å². The second kappa shape index (κ2) is 7.50. The molecule has 1 aromatic rings. The predicted molar refractivity (Wildman–Crippen MR) is 82.2 cm³/mol. The van der Waals surface area contributed by atoms with Gasteiger partial charge in [-0.2, -0.15) is 0 Å². The zero-order valence-corrected chi connectivity index (χ0v) is 13.5. The van der Waals surface area contributed by atoms with Crippen molar-refractivity contribution in [2.75, 3.05) is 5.32 Å². The minimum Gasteiger partial charge on any atom is -0.480 e. The fourth-order valence-corrected chi connectivity index (χ4v) is 2.12. The third-order valence-corrected chi connectivity index (χ3v) is 3.41. The van der Waals surface area contributed by atoms with E-state index < -0.39 is 18.0 Å². The number of nitrogens with one attached hydrogen (secondary N) is 2. The van der Waals surface area contributed by atoms with Gasteiger partial charge in [0.1, 0.15) is 6.04 Å². The average Bonchev–Trinajstić information content (AvgIpc) is 2.32. The molecule has 0 aromatic heterocycles. The summed E-state index contributed by atoms with van der Waals surface area (Å²) in [5, 5.41) is 14.5. The van der Waals surface area contributed by atoms with Crippen LogP contribution < -0.4 is 10.6 Å². The van der Waals surface area contributed by atoms with Crippen LogP contribution in [0.15, 0.2) is 22.7 Å². The number of amides is 2. The summed E-state index contributed by atoms with van der Waals surface area (Å²) in [7, 11) is 0. The molecule has 0 saturated heterocycles. The van der Waals surface area contributed by atoms with E-state index in [2.05, 4.69) is 26.6 Å². The van der Waals surface area contributed by atoms with Crippen LogP contribution in [-0.4, -0.2) is 23.1 Å². The Hall–Kier alpha value is -1.27. The summed E-state index contributed by atoms with van der Waals surface area (Å²) in [5.74, 6) is -0.895. The van der Waals surface area contributed by atoms with Gasteiger partial charge in [-0.15, -0.1) is 0 Å². The van der Waals surface area contributed by atoms with Crippen molar-refractivity contribution >= 4 is 45.2 Å². The Bertz CT molecular complexity index is 508. The topological polar surface area (TPSA) is 78.4 Å². The Labute approximate surface area is 130 Å².